The van der Waals surface area contributed by atoms with E-state index in [9.17, 15) is 19.2 Å². The first-order chi connectivity index (χ1) is 16.7. The van der Waals surface area contributed by atoms with Crippen molar-refractivity contribution in [3.63, 3.8) is 0 Å². The zero-order valence-electron chi connectivity index (χ0n) is 23.2. The lowest BCUT2D eigenvalue weighted by Crippen LogP contribution is -2.54. The summed E-state index contributed by atoms with van der Waals surface area (Å²) in [5.74, 6) is -1.47. The van der Waals surface area contributed by atoms with Gasteiger partial charge in [0.15, 0.2) is 0 Å². The molecule has 1 aromatic rings. The number of nitrogens with zero attached hydrogens (tertiary/aromatic N) is 1. The third-order valence-corrected chi connectivity index (χ3v) is 5.79. The molecule has 0 aliphatic heterocycles. The Morgan fingerprint density at radius 2 is 1.72 bits per heavy atom. The second-order valence-electron chi connectivity index (χ2n) is 10.1. The zero-order valence-corrected chi connectivity index (χ0v) is 23.2. The Labute approximate surface area is 215 Å². The van der Waals surface area contributed by atoms with E-state index in [1.165, 1.54) is 4.90 Å². The summed E-state index contributed by atoms with van der Waals surface area (Å²) in [6.07, 6.45) is -0.0523. The van der Waals surface area contributed by atoms with Crippen LogP contribution in [-0.2, 0) is 23.9 Å². The summed E-state index contributed by atoms with van der Waals surface area (Å²) in [6, 6.07) is 3.79. The van der Waals surface area contributed by atoms with E-state index in [1.807, 2.05) is 45.9 Å². The van der Waals surface area contributed by atoms with Crippen LogP contribution in [0.1, 0.15) is 77.1 Å². The Bertz CT molecular complexity index is 925. The van der Waals surface area contributed by atoms with Gasteiger partial charge in [-0.25, -0.2) is 4.79 Å². The molecule has 36 heavy (non-hydrogen) atoms. The van der Waals surface area contributed by atoms with Crippen LogP contribution in [0.4, 0.5) is 4.79 Å². The van der Waals surface area contributed by atoms with Gasteiger partial charge in [0.2, 0.25) is 11.8 Å². The summed E-state index contributed by atoms with van der Waals surface area (Å²) in [6.45, 7) is 14.9. The highest BCUT2D eigenvalue weighted by Crippen LogP contribution is 2.26. The number of hydrogen-bond donors (Lipinski definition) is 2. The minimum Gasteiger partial charge on any atom is -0.466 e. The molecule has 0 fully saturated rings. The van der Waals surface area contributed by atoms with Gasteiger partial charge in [0.1, 0.15) is 17.7 Å². The zero-order chi connectivity index (χ0) is 27.6. The number of alkyl carbamates (subject to hydrolysis) is 1. The molecule has 0 saturated heterocycles. The van der Waals surface area contributed by atoms with Crippen LogP contribution in [0.15, 0.2) is 18.2 Å². The molecule has 3 unspecified atom stereocenters. The molecule has 0 radical (unpaired) electrons. The van der Waals surface area contributed by atoms with Crippen LogP contribution < -0.4 is 10.6 Å². The number of benzene rings is 1. The molecule has 1 aromatic carbocycles. The average molecular weight is 506 g/mol. The maximum Gasteiger partial charge on any atom is 0.408 e. The van der Waals surface area contributed by atoms with Crippen molar-refractivity contribution in [3.8, 4) is 0 Å². The van der Waals surface area contributed by atoms with Crippen LogP contribution in [0.2, 0.25) is 0 Å². The van der Waals surface area contributed by atoms with Crippen LogP contribution in [0, 0.1) is 19.8 Å². The third kappa shape index (κ3) is 9.51. The summed E-state index contributed by atoms with van der Waals surface area (Å²) in [5, 5.41) is 5.46. The minimum atomic E-state index is -0.965. The van der Waals surface area contributed by atoms with Gasteiger partial charge in [-0.15, -0.1) is 0 Å². The van der Waals surface area contributed by atoms with Gasteiger partial charge < -0.3 is 25.0 Å². The lowest BCUT2D eigenvalue weighted by molar-refractivity contribution is -0.144. The number of carbonyl (C=O) groups excluding carboxylic acids is 4. The molecule has 0 spiro atoms. The molecular formula is C27H43N3O6. The molecule has 9 heteroatoms. The van der Waals surface area contributed by atoms with Crippen molar-refractivity contribution in [1.29, 1.82) is 0 Å². The van der Waals surface area contributed by atoms with Crippen LogP contribution in [0.3, 0.4) is 0 Å². The van der Waals surface area contributed by atoms with Gasteiger partial charge in [0, 0.05) is 13.6 Å². The number of rotatable bonds is 11. The second-order valence-corrected chi connectivity index (χ2v) is 10.1. The quantitative estimate of drug-likeness (QED) is 0.442. The van der Waals surface area contributed by atoms with Crippen LogP contribution in [-0.4, -0.2) is 60.6 Å². The minimum absolute atomic E-state index is 0.0204. The highest BCUT2D eigenvalue weighted by Gasteiger charge is 2.36. The highest BCUT2D eigenvalue weighted by molar-refractivity contribution is 5.92. The third-order valence-electron chi connectivity index (χ3n) is 5.79. The van der Waals surface area contributed by atoms with Crippen LogP contribution in [0.5, 0.6) is 0 Å². The Morgan fingerprint density at radius 1 is 1.08 bits per heavy atom. The van der Waals surface area contributed by atoms with E-state index in [-0.39, 0.29) is 25.5 Å². The highest BCUT2D eigenvalue weighted by atomic mass is 16.6. The molecule has 0 heterocycles. The van der Waals surface area contributed by atoms with E-state index in [0.717, 1.165) is 11.1 Å². The van der Waals surface area contributed by atoms with E-state index in [2.05, 4.69) is 10.6 Å². The lowest BCUT2D eigenvalue weighted by atomic mass is 9.94. The Balaban J connectivity index is 3.27. The van der Waals surface area contributed by atoms with E-state index in [0.29, 0.717) is 12.0 Å². The van der Waals surface area contributed by atoms with Gasteiger partial charge in [0.25, 0.3) is 0 Å². The van der Waals surface area contributed by atoms with E-state index < -0.39 is 41.6 Å². The monoisotopic (exact) mass is 505 g/mol. The van der Waals surface area contributed by atoms with E-state index >= 15 is 0 Å². The van der Waals surface area contributed by atoms with Gasteiger partial charge in [-0.05, 0) is 58.6 Å². The predicted octanol–water partition coefficient (Wildman–Crippen LogP) is 3.81. The van der Waals surface area contributed by atoms with Gasteiger partial charge in [-0.2, -0.15) is 0 Å². The van der Waals surface area contributed by atoms with Crippen molar-refractivity contribution >= 4 is 23.9 Å². The van der Waals surface area contributed by atoms with Crippen molar-refractivity contribution in [1.82, 2.24) is 15.5 Å². The van der Waals surface area contributed by atoms with Gasteiger partial charge in [-0.3, -0.25) is 14.4 Å². The van der Waals surface area contributed by atoms with Crippen molar-refractivity contribution in [3.05, 3.63) is 34.9 Å². The fraction of sp³-hybridized carbons (Fsp3) is 0.630. The van der Waals surface area contributed by atoms with Crippen molar-refractivity contribution in [2.75, 3.05) is 20.2 Å². The molecule has 0 aliphatic carbocycles. The second kappa shape index (κ2) is 13.8. The molecule has 202 valence electrons. The Kier molecular flexibility index (Phi) is 11.9. The van der Waals surface area contributed by atoms with Gasteiger partial charge in [0.05, 0.1) is 13.0 Å². The van der Waals surface area contributed by atoms with Crippen molar-refractivity contribution in [2.24, 2.45) is 5.92 Å². The molecular weight excluding hydrogens is 462 g/mol. The molecule has 3 amide bonds. The summed E-state index contributed by atoms with van der Waals surface area (Å²) in [7, 11) is 1.55. The number of ether oxygens (including phenoxy) is 2. The molecule has 2 N–H and O–H groups in total. The normalized spacial score (nSPS) is 13.7. The Morgan fingerprint density at radius 3 is 2.25 bits per heavy atom. The van der Waals surface area contributed by atoms with Crippen LogP contribution in [0.25, 0.3) is 0 Å². The predicted molar refractivity (Wildman–Crippen MR) is 138 cm³/mol. The number of aryl methyl sites for hydroxylation is 2. The first-order valence-electron chi connectivity index (χ1n) is 12.5. The standard InChI is InChI=1S/C27H43N3O6/c1-10-18(4)22(29-26(34)36-27(6,7)8)25(33)30(9)23(20-13-12-17(3)16-19(20)5)24(32)28-15-14-21(31)35-11-2/h12-13,16,18,22-23H,10-11,14-15H2,1-9H3,(H,28,32)(H,29,34). The number of hydrogen-bond acceptors (Lipinski definition) is 6. The first-order valence-corrected chi connectivity index (χ1v) is 12.5. The number of likely N-dealkylation sites (N-methyl/N-ethyl adjacent to an activating group) is 1. The number of esters is 1. The largest absolute Gasteiger partial charge is 0.466 e. The number of nitrogens with one attached hydrogen (secondary N) is 2. The number of amides is 3. The lowest BCUT2D eigenvalue weighted by Gasteiger charge is -2.34. The molecule has 0 aliphatic rings. The summed E-state index contributed by atoms with van der Waals surface area (Å²) in [4.78, 5) is 52.7. The maximum atomic E-state index is 13.7. The molecule has 0 bridgehead atoms. The SMILES string of the molecule is CCOC(=O)CCNC(=O)C(c1ccc(C)cc1C)N(C)C(=O)C(NC(=O)OC(C)(C)C)C(C)CC. The molecule has 0 saturated carbocycles. The summed E-state index contributed by atoms with van der Waals surface area (Å²) in [5.41, 5.74) is 1.81. The first kappa shape index (κ1) is 30.9. The number of carbonyl (C=O) groups is 4. The van der Waals surface area contributed by atoms with Crippen LogP contribution >= 0.6 is 0 Å². The fourth-order valence-electron chi connectivity index (χ4n) is 3.74. The molecule has 0 aromatic heterocycles. The van der Waals surface area contributed by atoms with Gasteiger partial charge in [-0.1, -0.05) is 44.0 Å². The average Bonchev–Trinajstić information content (AvgIpc) is 2.77. The summed E-state index contributed by atoms with van der Waals surface area (Å²) >= 11 is 0. The van der Waals surface area contributed by atoms with Crippen molar-refractivity contribution < 1.29 is 28.7 Å². The van der Waals surface area contributed by atoms with Gasteiger partial charge >= 0.3 is 12.1 Å². The van der Waals surface area contributed by atoms with Crippen molar-refractivity contribution in [2.45, 2.75) is 85.9 Å². The van der Waals surface area contributed by atoms with E-state index in [1.54, 1.807) is 34.7 Å². The molecule has 9 nitrogen and oxygen atoms in total. The van der Waals surface area contributed by atoms with E-state index in [4.69, 9.17) is 9.47 Å². The topological polar surface area (TPSA) is 114 Å². The maximum absolute atomic E-state index is 13.7. The molecule has 1 rings (SSSR count). The Hall–Kier alpha value is -3.10. The smallest absolute Gasteiger partial charge is 0.408 e. The summed E-state index contributed by atoms with van der Waals surface area (Å²) < 4.78 is 10.3. The molecule has 3 atom stereocenters. The fourth-order valence-corrected chi connectivity index (χ4v) is 3.74.